The Morgan fingerprint density at radius 3 is 2.59 bits per heavy atom. The molecule has 1 aliphatic carbocycles. The van der Waals surface area contributed by atoms with Crippen LogP contribution in [0.2, 0.25) is 5.02 Å². The molecule has 0 radical (unpaired) electrons. The first-order valence-electron chi connectivity index (χ1n) is 6.29. The average molecular weight is 254 g/mol. The average Bonchev–Trinajstić information content (AvgIpc) is 2.32. The van der Waals surface area contributed by atoms with Gasteiger partial charge in [0.2, 0.25) is 0 Å². The summed E-state index contributed by atoms with van der Waals surface area (Å²) in [5.41, 5.74) is 1.01. The van der Waals surface area contributed by atoms with Gasteiger partial charge < -0.3 is 10.1 Å². The summed E-state index contributed by atoms with van der Waals surface area (Å²) in [7, 11) is 1.69. The van der Waals surface area contributed by atoms with Gasteiger partial charge in [-0.15, -0.1) is 0 Å². The van der Waals surface area contributed by atoms with Crippen molar-refractivity contribution in [3.63, 3.8) is 0 Å². The quantitative estimate of drug-likeness (QED) is 0.865. The number of hydrogen-bond acceptors (Lipinski definition) is 2. The summed E-state index contributed by atoms with van der Waals surface area (Å²) in [5.74, 6) is 1.74. The van der Waals surface area contributed by atoms with Crippen molar-refractivity contribution in [3.05, 3.63) is 23.2 Å². The van der Waals surface area contributed by atoms with E-state index in [1.807, 2.05) is 18.2 Å². The highest BCUT2D eigenvalue weighted by Crippen LogP contribution is 2.31. The van der Waals surface area contributed by atoms with Crippen molar-refractivity contribution >= 4 is 17.3 Å². The SMILES string of the molecule is COc1ccc(Cl)cc1NC1CCC(C)CC1. The normalized spacial score (nSPS) is 24.4. The molecule has 2 nitrogen and oxygen atoms in total. The lowest BCUT2D eigenvalue weighted by atomic mass is 9.87. The number of hydrogen-bond donors (Lipinski definition) is 1. The highest BCUT2D eigenvalue weighted by molar-refractivity contribution is 6.30. The molecule has 1 N–H and O–H groups in total. The number of benzene rings is 1. The zero-order valence-electron chi connectivity index (χ0n) is 10.5. The van der Waals surface area contributed by atoms with Gasteiger partial charge in [0.05, 0.1) is 12.8 Å². The van der Waals surface area contributed by atoms with E-state index in [4.69, 9.17) is 16.3 Å². The Morgan fingerprint density at radius 2 is 1.94 bits per heavy atom. The van der Waals surface area contributed by atoms with Crippen LogP contribution in [0, 0.1) is 5.92 Å². The number of nitrogens with one attached hydrogen (secondary N) is 1. The molecule has 2 rings (SSSR count). The summed E-state index contributed by atoms with van der Waals surface area (Å²) in [6.07, 6.45) is 5.08. The van der Waals surface area contributed by atoms with Crippen LogP contribution >= 0.6 is 11.6 Å². The van der Waals surface area contributed by atoms with E-state index >= 15 is 0 Å². The highest BCUT2D eigenvalue weighted by atomic mass is 35.5. The Bertz CT molecular complexity index is 372. The molecule has 1 aliphatic rings. The maximum atomic E-state index is 6.02. The third-order valence-electron chi connectivity index (χ3n) is 3.54. The number of ether oxygens (including phenoxy) is 1. The lowest BCUT2D eigenvalue weighted by Crippen LogP contribution is -2.25. The molecule has 3 heteroatoms. The molecule has 1 aromatic carbocycles. The monoisotopic (exact) mass is 253 g/mol. The molecule has 94 valence electrons. The molecule has 0 saturated heterocycles. The van der Waals surface area contributed by atoms with Gasteiger partial charge in [-0.3, -0.25) is 0 Å². The molecule has 0 atom stereocenters. The van der Waals surface area contributed by atoms with E-state index in [2.05, 4.69) is 12.2 Å². The summed E-state index contributed by atoms with van der Waals surface area (Å²) in [5, 5.41) is 4.30. The molecule has 0 aromatic heterocycles. The van der Waals surface area contributed by atoms with Crippen molar-refractivity contribution < 1.29 is 4.74 Å². The van der Waals surface area contributed by atoms with Crippen LogP contribution in [0.25, 0.3) is 0 Å². The van der Waals surface area contributed by atoms with Crippen LogP contribution in [0.1, 0.15) is 32.6 Å². The molecule has 0 aliphatic heterocycles. The molecule has 1 aromatic rings. The number of anilines is 1. The number of halogens is 1. The van der Waals surface area contributed by atoms with Crippen molar-refractivity contribution in [2.45, 2.75) is 38.6 Å². The van der Waals surface area contributed by atoms with Crippen LogP contribution in [0.5, 0.6) is 5.75 Å². The van der Waals surface area contributed by atoms with Gasteiger partial charge in [0, 0.05) is 11.1 Å². The van der Waals surface area contributed by atoms with Crippen LogP contribution in [-0.4, -0.2) is 13.2 Å². The first-order valence-corrected chi connectivity index (χ1v) is 6.67. The first-order chi connectivity index (χ1) is 8.19. The van der Waals surface area contributed by atoms with Gasteiger partial charge in [-0.2, -0.15) is 0 Å². The Labute approximate surface area is 108 Å². The highest BCUT2D eigenvalue weighted by Gasteiger charge is 2.19. The summed E-state index contributed by atoms with van der Waals surface area (Å²) >= 11 is 6.02. The van der Waals surface area contributed by atoms with E-state index in [-0.39, 0.29) is 0 Å². The lowest BCUT2D eigenvalue weighted by Gasteiger charge is -2.28. The number of rotatable bonds is 3. The maximum Gasteiger partial charge on any atom is 0.142 e. The van der Waals surface area contributed by atoms with Gasteiger partial charge in [0.1, 0.15) is 5.75 Å². The molecular formula is C14H20ClNO. The minimum atomic E-state index is 0.554. The van der Waals surface area contributed by atoms with E-state index in [1.165, 1.54) is 25.7 Å². The zero-order chi connectivity index (χ0) is 12.3. The molecule has 0 unspecified atom stereocenters. The van der Waals surface area contributed by atoms with Crippen molar-refractivity contribution in [1.29, 1.82) is 0 Å². The van der Waals surface area contributed by atoms with E-state index in [0.717, 1.165) is 22.4 Å². The standard InChI is InChI=1S/C14H20ClNO/c1-10-3-6-12(7-4-10)16-13-9-11(15)5-8-14(13)17-2/h5,8-10,12,16H,3-4,6-7H2,1-2H3. The molecule has 0 bridgehead atoms. The molecule has 17 heavy (non-hydrogen) atoms. The van der Waals surface area contributed by atoms with Crippen LogP contribution in [-0.2, 0) is 0 Å². The van der Waals surface area contributed by atoms with Gasteiger partial charge in [-0.1, -0.05) is 18.5 Å². The summed E-state index contributed by atoms with van der Waals surface area (Å²) < 4.78 is 5.34. The molecule has 1 saturated carbocycles. The third-order valence-corrected chi connectivity index (χ3v) is 3.77. The van der Waals surface area contributed by atoms with Gasteiger partial charge in [0.15, 0.2) is 0 Å². The van der Waals surface area contributed by atoms with Crippen LogP contribution in [0.3, 0.4) is 0 Å². The molecular weight excluding hydrogens is 234 g/mol. The molecule has 1 fully saturated rings. The maximum absolute atomic E-state index is 6.02. The zero-order valence-corrected chi connectivity index (χ0v) is 11.3. The molecule has 0 spiro atoms. The summed E-state index contributed by atoms with van der Waals surface area (Å²) in [6, 6.07) is 6.27. The minimum absolute atomic E-state index is 0.554. The third kappa shape index (κ3) is 3.29. The van der Waals surface area contributed by atoms with Crippen LogP contribution in [0.15, 0.2) is 18.2 Å². The second-order valence-corrected chi connectivity index (χ2v) is 5.38. The summed E-state index contributed by atoms with van der Waals surface area (Å²) in [6.45, 7) is 2.33. The van der Waals surface area contributed by atoms with Crippen LogP contribution < -0.4 is 10.1 Å². The van der Waals surface area contributed by atoms with Crippen molar-refractivity contribution in [3.8, 4) is 5.75 Å². The summed E-state index contributed by atoms with van der Waals surface area (Å²) in [4.78, 5) is 0. The largest absolute Gasteiger partial charge is 0.495 e. The Kier molecular flexibility index (Phi) is 4.16. The predicted octanol–water partition coefficient (Wildman–Crippen LogP) is 4.34. The lowest BCUT2D eigenvalue weighted by molar-refractivity contribution is 0.359. The van der Waals surface area contributed by atoms with Gasteiger partial charge >= 0.3 is 0 Å². The van der Waals surface area contributed by atoms with Gasteiger partial charge in [-0.05, 0) is 49.8 Å². The Morgan fingerprint density at radius 1 is 1.24 bits per heavy atom. The van der Waals surface area contributed by atoms with E-state index in [0.29, 0.717) is 6.04 Å². The fraction of sp³-hybridized carbons (Fsp3) is 0.571. The minimum Gasteiger partial charge on any atom is -0.495 e. The fourth-order valence-corrected chi connectivity index (χ4v) is 2.59. The Balaban J connectivity index is 2.04. The topological polar surface area (TPSA) is 21.3 Å². The van der Waals surface area contributed by atoms with Gasteiger partial charge in [-0.25, -0.2) is 0 Å². The van der Waals surface area contributed by atoms with Crippen molar-refractivity contribution in [2.75, 3.05) is 12.4 Å². The van der Waals surface area contributed by atoms with Gasteiger partial charge in [0.25, 0.3) is 0 Å². The molecule has 0 heterocycles. The van der Waals surface area contributed by atoms with E-state index in [9.17, 15) is 0 Å². The fourth-order valence-electron chi connectivity index (χ4n) is 2.42. The van der Waals surface area contributed by atoms with Crippen molar-refractivity contribution in [1.82, 2.24) is 0 Å². The smallest absolute Gasteiger partial charge is 0.142 e. The van der Waals surface area contributed by atoms with Crippen LogP contribution in [0.4, 0.5) is 5.69 Å². The van der Waals surface area contributed by atoms with E-state index < -0.39 is 0 Å². The number of methoxy groups -OCH3 is 1. The van der Waals surface area contributed by atoms with Crippen molar-refractivity contribution in [2.24, 2.45) is 5.92 Å². The predicted molar refractivity (Wildman–Crippen MR) is 73.0 cm³/mol. The second kappa shape index (κ2) is 5.63. The Hall–Kier alpha value is -0.890. The first kappa shape index (κ1) is 12.6. The second-order valence-electron chi connectivity index (χ2n) is 4.95. The molecule has 0 amide bonds. The van der Waals surface area contributed by atoms with E-state index in [1.54, 1.807) is 7.11 Å².